The Balaban J connectivity index is 1.58. The highest BCUT2D eigenvalue weighted by atomic mass is 35.5. The number of nitrogens with zero attached hydrogens (tertiary/aromatic N) is 2. The van der Waals surface area contributed by atoms with Gasteiger partial charge in [0.2, 0.25) is 0 Å². The Kier molecular flexibility index (Phi) is 5.75. The summed E-state index contributed by atoms with van der Waals surface area (Å²) in [6, 6.07) is 13.8. The summed E-state index contributed by atoms with van der Waals surface area (Å²) in [5, 5.41) is 4.18. The number of anilines is 1. The zero-order chi connectivity index (χ0) is 22.9. The Morgan fingerprint density at radius 1 is 1.03 bits per heavy atom. The predicted molar refractivity (Wildman–Crippen MR) is 114 cm³/mol. The minimum Gasteiger partial charge on any atom is -0.329 e. The van der Waals surface area contributed by atoms with Gasteiger partial charge in [0, 0.05) is 17.4 Å². The van der Waals surface area contributed by atoms with Crippen molar-refractivity contribution in [1.82, 2.24) is 14.7 Å². The standard InChI is InChI=1S/C22H15ClF4N4O/c23-17-5-4-13(9-18(17)24)14-6-7-31-19(11-28-20(31)10-14)15-2-1-3-16(8-15)30-21(32)29-12-22(25,26)27/h1-11H,12H2,(H2,29,30,32). The van der Waals surface area contributed by atoms with Crippen LogP contribution in [0.4, 0.5) is 28.0 Å². The third-order valence-electron chi connectivity index (χ3n) is 4.63. The topological polar surface area (TPSA) is 58.4 Å². The van der Waals surface area contributed by atoms with Crippen molar-refractivity contribution in [2.24, 2.45) is 0 Å². The average Bonchev–Trinajstić information content (AvgIpc) is 3.17. The molecule has 0 aliphatic rings. The molecule has 0 saturated carbocycles. The lowest BCUT2D eigenvalue weighted by molar-refractivity contribution is -0.122. The number of hydrogen-bond donors (Lipinski definition) is 2. The Bertz CT molecular complexity index is 1300. The van der Waals surface area contributed by atoms with Crippen LogP contribution in [0.2, 0.25) is 5.02 Å². The van der Waals surface area contributed by atoms with Gasteiger partial charge < -0.3 is 10.6 Å². The number of rotatable bonds is 4. The Labute approximate surface area is 184 Å². The largest absolute Gasteiger partial charge is 0.405 e. The fraction of sp³-hybridized carbons (Fsp3) is 0.0909. The molecular formula is C22H15ClF4N4O. The molecule has 0 radical (unpaired) electrons. The zero-order valence-corrected chi connectivity index (χ0v) is 17.0. The number of imidazole rings is 1. The van der Waals surface area contributed by atoms with Crippen molar-refractivity contribution in [3.8, 4) is 22.4 Å². The number of fused-ring (bicyclic) bond motifs is 1. The number of alkyl halides is 3. The fourth-order valence-electron chi connectivity index (χ4n) is 3.16. The van der Waals surface area contributed by atoms with E-state index in [9.17, 15) is 22.4 Å². The number of benzene rings is 2. The van der Waals surface area contributed by atoms with E-state index in [-0.39, 0.29) is 5.02 Å². The molecule has 164 valence electrons. The maximum Gasteiger partial charge on any atom is 0.405 e. The normalized spacial score (nSPS) is 11.5. The molecule has 2 amide bonds. The van der Waals surface area contributed by atoms with Gasteiger partial charge in [-0.25, -0.2) is 14.2 Å². The van der Waals surface area contributed by atoms with Gasteiger partial charge in [0.25, 0.3) is 0 Å². The van der Waals surface area contributed by atoms with Gasteiger partial charge in [-0.2, -0.15) is 13.2 Å². The van der Waals surface area contributed by atoms with Crippen LogP contribution in [0.15, 0.2) is 67.0 Å². The SMILES string of the molecule is O=C(NCC(F)(F)F)Nc1cccc(-c2cnc3cc(-c4ccc(Cl)c(F)c4)ccn23)c1. The molecule has 0 spiro atoms. The van der Waals surface area contributed by atoms with Crippen molar-refractivity contribution < 1.29 is 22.4 Å². The quantitative estimate of drug-likeness (QED) is 0.358. The highest BCUT2D eigenvalue weighted by Crippen LogP contribution is 2.28. The van der Waals surface area contributed by atoms with Gasteiger partial charge in [-0.3, -0.25) is 4.40 Å². The summed E-state index contributed by atoms with van der Waals surface area (Å²) in [5.74, 6) is -0.517. The molecule has 0 aliphatic carbocycles. The van der Waals surface area contributed by atoms with Crippen LogP contribution in [0, 0.1) is 5.82 Å². The van der Waals surface area contributed by atoms with E-state index in [0.29, 0.717) is 28.2 Å². The minimum absolute atomic E-state index is 0.0403. The van der Waals surface area contributed by atoms with Crippen LogP contribution in [-0.4, -0.2) is 28.1 Å². The Morgan fingerprint density at radius 2 is 1.81 bits per heavy atom. The van der Waals surface area contributed by atoms with Crippen molar-refractivity contribution in [2.45, 2.75) is 6.18 Å². The molecule has 0 aliphatic heterocycles. The number of aromatic nitrogens is 2. The second kappa shape index (κ2) is 8.51. The van der Waals surface area contributed by atoms with Gasteiger partial charge in [0.05, 0.1) is 16.9 Å². The van der Waals surface area contributed by atoms with Crippen LogP contribution in [-0.2, 0) is 0 Å². The van der Waals surface area contributed by atoms with Crippen LogP contribution in [0.5, 0.6) is 0 Å². The fourth-order valence-corrected chi connectivity index (χ4v) is 3.28. The second-order valence-electron chi connectivity index (χ2n) is 6.92. The first-order chi connectivity index (χ1) is 15.2. The van der Waals surface area contributed by atoms with E-state index in [2.05, 4.69) is 10.3 Å². The van der Waals surface area contributed by atoms with Crippen LogP contribution in [0.25, 0.3) is 28.0 Å². The van der Waals surface area contributed by atoms with Crippen LogP contribution >= 0.6 is 11.6 Å². The van der Waals surface area contributed by atoms with Crippen molar-refractivity contribution >= 4 is 29.0 Å². The summed E-state index contributed by atoms with van der Waals surface area (Å²) in [4.78, 5) is 16.1. The molecule has 2 aromatic heterocycles. The molecule has 4 aromatic rings. The van der Waals surface area contributed by atoms with Crippen LogP contribution < -0.4 is 10.6 Å². The van der Waals surface area contributed by atoms with E-state index >= 15 is 0 Å². The molecule has 0 atom stereocenters. The van der Waals surface area contributed by atoms with Gasteiger partial charge in [0.15, 0.2) is 0 Å². The minimum atomic E-state index is -4.49. The summed E-state index contributed by atoms with van der Waals surface area (Å²) >= 11 is 5.74. The lowest BCUT2D eigenvalue weighted by atomic mass is 10.1. The average molecular weight is 463 g/mol. The van der Waals surface area contributed by atoms with E-state index in [0.717, 1.165) is 5.56 Å². The number of carbonyl (C=O) groups is 1. The van der Waals surface area contributed by atoms with Crippen molar-refractivity contribution in [3.63, 3.8) is 0 Å². The molecule has 2 aromatic carbocycles. The first kappa shape index (κ1) is 21.6. The monoisotopic (exact) mass is 462 g/mol. The summed E-state index contributed by atoms with van der Waals surface area (Å²) in [6.45, 7) is -1.42. The van der Waals surface area contributed by atoms with Crippen molar-refractivity contribution in [3.05, 3.63) is 77.8 Å². The molecule has 2 N–H and O–H groups in total. The van der Waals surface area contributed by atoms with E-state index in [1.165, 1.54) is 12.1 Å². The van der Waals surface area contributed by atoms with Gasteiger partial charge >= 0.3 is 12.2 Å². The molecule has 0 unspecified atom stereocenters. The van der Waals surface area contributed by atoms with E-state index in [4.69, 9.17) is 11.6 Å². The summed E-state index contributed by atoms with van der Waals surface area (Å²) in [5.41, 5.74) is 3.72. The summed E-state index contributed by atoms with van der Waals surface area (Å²) < 4.78 is 52.4. The molecule has 2 heterocycles. The van der Waals surface area contributed by atoms with E-state index < -0.39 is 24.6 Å². The maximum absolute atomic E-state index is 13.8. The third kappa shape index (κ3) is 4.83. The highest BCUT2D eigenvalue weighted by molar-refractivity contribution is 6.30. The zero-order valence-electron chi connectivity index (χ0n) is 16.3. The second-order valence-corrected chi connectivity index (χ2v) is 7.33. The lowest BCUT2D eigenvalue weighted by Gasteiger charge is -2.11. The molecule has 32 heavy (non-hydrogen) atoms. The van der Waals surface area contributed by atoms with Gasteiger partial charge in [0.1, 0.15) is 18.0 Å². The molecule has 0 fully saturated rings. The molecule has 4 rings (SSSR count). The number of hydrogen-bond acceptors (Lipinski definition) is 2. The number of halogens is 5. The number of nitrogens with one attached hydrogen (secondary N) is 2. The summed E-state index contributed by atoms with van der Waals surface area (Å²) in [7, 11) is 0. The number of urea groups is 1. The van der Waals surface area contributed by atoms with Crippen molar-refractivity contribution in [1.29, 1.82) is 0 Å². The number of pyridine rings is 1. The smallest absolute Gasteiger partial charge is 0.329 e. The van der Waals surface area contributed by atoms with Crippen LogP contribution in [0.3, 0.4) is 0 Å². The van der Waals surface area contributed by atoms with E-state index in [1.54, 1.807) is 64.6 Å². The van der Waals surface area contributed by atoms with E-state index in [1.807, 2.05) is 0 Å². The number of carbonyl (C=O) groups excluding carboxylic acids is 1. The first-order valence-electron chi connectivity index (χ1n) is 9.34. The molecule has 5 nitrogen and oxygen atoms in total. The van der Waals surface area contributed by atoms with Gasteiger partial charge in [-0.15, -0.1) is 0 Å². The first-order valence-corrected chi connectivity index (χ1v) is 9.72. The van der Waals surface area contributed by atoms with Gasteiger partial charge in [-0.05, 0) is 47.5 Å². The summed E-state index contributed by atoms with van der Waals surface area (Å²) in [6.07, 6.45) is -1.09. The molecule has 0 bridgehead atoms. The predicted octanol–water partition coefficient (Wildman–Crippen LogP) is 6.14. The van der Waals surface area contributed by atoms with Crippen molar-refractivity contribution in [2.75, 3.05) is 11.9 Å². The molecular weight excluding hydrogens is 448 g/mol. The molecule has 0 saturated heterocycles. The van der Waals surface area contributed by atoms with Crippen LogP contribution in [0.1, 0.15) is 0 Å². The molecule has 10 heteroatoms. The number of amides is 2. The maximum atomic E-state index is 13.8. The van der Waals surface area contributed by atoms with Gasteiger partial charge in [-0.1, -0.05) is 29.8 Å². The Hall–Kier alpha value is -3.59. The lowest BCUT2D eigenvalue weighted by Crippen LogP contribution is -2.36. The Morgan fingerprint density at radius 3 is 2.56 bits per heavy atom. The third-order valence-corrected chi connectivity index (χ3v) is 4.94. The highest BCUT2D eigenvalue weighted by Gasteiger charge is 2.27.